The van der Waals surface area contributed by atoms with Crippen LogP contribution in [0.2, 0.25) is 0 Å². The molecule has 0 unspecified atom stereocenters. The van der Waals surface area contributed by atoms with Gasteiger partial charge in [0.15, 0.2) is 11.4 Å². The molecule has 0 spiro atoms. The first-order chi connectivity index (χ1) is 14.5. The van der Waals surface area contributed by atoms with Crippen molar-refractivity contribution in [2.75, 3.05) is 0 Å². The number of carboxylic acid groups (broad SMARTS) is 1. The fourth-order valence-electron chi connectivity index (χ4n) is 3.70. The number of carbonyl (C=O) groups is 2. The zero-order chi connectivity index (χ0) is 20.8. The molecule has 0 bridgehead atoms. The second kappa shape index (κ2) is 6.77. The number of benzene rings is 3. The van der Waals surface area contributed by atoms with E-state index in [0.717, 1.165) is 16.5 Å². The monoisotopic (exact) mass is 395 g/mol. The van der Waals surface area contributed by atoms with Crippen molar-refractivity contribution in [3.63, 3.8) is 0 Å². The van der Waals surface area contributed by atoms with E-state index in [4.69, 9.17) is 9.97 Å². The summed E-state index contributed by atoms with van der Waals surface area (Å²) in [7, 11) is 0. The zero-order valence-corrected chi connectivity index (χ0v) is 16.2. The summed E-state index contributed by atoms with van der Waals surface area (Å²) in [6.07, 6.45) is 0. The second-order valence-corrected chi connectivity index (χ2v) is 7.30. The number of nitrogens with zero attached hydrogens (tertiary/aromatic N) is 3. The van der Waals surface area contributed by atoms with E-state index < -0.39 is 5.97 Å². The minimum Gasteiger partial charge on any atom is -0.478 e. The molecule has 5 aromatic rings. The lowest BCUT2D eigenvalue weighted by atomic mass is 10.1. The van der Waals surface area contributed by atoms with E-state index >= 15 is 0 Å². The molecule has 6 heteroatoms. The average molecular weight is 395 g/mol. The van der Waals surface area contributed by atoms with Crippen LogP contribution in [0, 0.1) is 6.92 Å². The van der Waals surface area contributed by atoms with Crippen LogP contribution in [0.4, 0.5) is 0 Å². The Morgan fingerprint density at radius 3 is 2.40 bits per heavy atom. The van der Waals surface area contributed by atoms with Gasteiger partial charge in [0.2, 0.25) is 0 Å². The lowest BCUT2D eigenvalue weighted by Crippen LogP contribution is -2.11. The number of aromatic carboxylic acids is 1. The van der Waals surface area contributed by atoms with Gasteiger partial charge in [-0.25, -0.2) is 14.8 Å². The number of hydrogen-bond donors (Lipinski definition) is 1. The minimum atomic E-state index is -1.02. The topological polar surface area (TPSA) is 85.1 Å². The van der Waals surface area contributed by atoms with E-state index in [1.54, 1.807) is 6.07 Å². The summed E-state index contributed by atoms with van der Waals surface area (Å²) < 4.78 is 1.85. The molecule has 0 amide bonds. The van der Waals surface area contributed by atoms with Crippen LogP contribution in [0.15, 0.2) is 66.7 Å². The summed E-state index contributed by atoms with van der Waals surface area (Å²) in [5.41, 5.74) is 5.08. The van der Waals surface area contributed by atoms with Gasteiger partial charge in [-0.2, -0.15) is 0 Å². The molecule has 1 N–H and O–H groups in total. The molecule has 0 atom stereocenters. The minimum absolute atomic E-state index is 0.0289. The number of aryl methyl sites for hydroxylation is 1. The number of hydrogen-bond acceptors (Lipinski definition) is 4. The predicted octanol–water partition coefficient (Wildman–Crippen LogP) is 4.63. The van der Waals surface area contributed by atoms with E-state index in [9.17, 15) is 14.7 Å². The maximum atomic E-state index is 13.0. The standard InChI is InChI=1S/C24H17N3O3/c1-14-6-8-15(9-7-14)21(28)13-27-20-5-3-2-4-17(20)22-23(27)26-19-12-16(24(29)30)10-11-18(19)25-22/h2-12H,13H2,1H3,(H,29,30). The number of Topliss-reactive ketones (excluding diaryl/α,β-unsaturated/α-hetero) is 1. The third-order valence-corrected chi connectivity index (χ3v) is 5.27. The Bertz CT molecular complexity index is 1470. The van der Waals surface area contributed by atoms with Gasteiger partial charge in [-0.1, -0.05) is 48.0 Å². The molecule has 0 radical (unpaired) electrons. The molecule has 0 saturated heterocycles. The van der Waals surface area contributed by atoms with Crippen molar-refractivity contribution in [2.24, 2.45) is 0 Å². The van der Waals surface area contributed by atoms with Gasteiger partial charge < -0.3 is 9.67 Å². The lowest BCUT2D eigenvalue weighted by molar-refractivity contribution is 0.0696. The summed E-state index contributed by atoms with van der Waals surface area (Å²) in [6, 6.07) is 19.9. The molecule has 2 aromatic heterocycles. The molecule has 3 aromatic carbocycles. The van der Waals surface area contributed by atoms with Crippen LogP contribution >= 0.6 is 0 Å². The molecule has 6 nitrogen and oxygen atoms in total. The summed E-state index contributed by atoms with van der Waals surface area (Å²) in [5, 5.41) is 10.2. The van der Waals surface area contributed by atoms with Crippen LogP contribution in [-0.2, 0) is 6.54 Å². The molecular weight excluding hydrogens is 378 g/mol. The fraction of sp³-hybridized carbons (Fsp3) is 0.0833. The highest BCUT2D eigenvalue weighted by Crippen LogP contribution is 2.28. The molecule has 5 rings (SSSR count). The van der Waals surface area contributed by atoms with Gasteiger partial charge in [0, 0.05) is 10.9 Å². The Labute approximate surface area is 171 Å². The Morgan fingerprint density at radius 2 is 1.63 bits per heavy atom. The Morgan fingerprint density at radius 1 is 0.900 bits per heavy atom. The van der Waals surface area contributed by atoms with Gasteiger partial charge in [0.05, 0.1) is 28.7 Å². The third kappa shape index (κ3) is 2.90. The Kier molecular flexibility index (Phi) is 4.06. The molecule has 146 valence electrons. The van der Waals surface area contributed by atoms with Gasteiger partial charge >= 0.3 is 5.97 Å². The van der Waals surface area contributed by atoms with Crippen molar-refractivity contribution >= 4 is 44.9 Å². The van der Waals surface area contributed by atoms with Gasteiger partial charge in [-0.05, 0) is 31.2 Å². The quantitative estimate of drug-likeness (QED) is 0.449. The van der Waals surface area contributed by atoms with Crippen molar-refractivity contribution in [2.45, 2.75) is 13.5 Å². The van der Waals surface area contributed by atoms with E-state index in [2.05, 4.69) is 0 Å². The van der Waals surface area contributed by atoms with E-state index in [1.807, 2.05) is 60.0 Å². The lowest BCUT2D eigenvalue weighted by Gasteiger charge is -2.07. The summed E-state index contributed by atoms with van der Waals surface area (Å²) in [6.45, 7) is 2.10. The predicted molar refractivity (Wildman–Crippen MR) is 115 cm³/mol. The fourth-order valence-corrected chi connectivity index (χ4v) is 3.70. The molecule has 0 aliphatic heterocycles. The van der Waals surface area contributed by atoms with Gasteiger partial charge in [0.25, 0.3) is 0 Å². The van der Waals surface area contributed by atoms with Crippen LogP contribution < -0.4 is 0 Å². The van der Waals surface area contributed by atoms with Gasteiger partial charge in [-0.15, -0.1) is 0 Å². The number of fused-ring (bicyclic) bond motifs is 4. The molecule has 0 aliphatic rings. The van der Waals surface area contributed by atoms with Crippen molar-refractivity contribution in [3.8, 4) is 0 Å². The number of ketones is 1. The molecule has 0 aliphatic carbocycles. The number of carbonyl (C=O) groups excluding carboxylic acids is 1. The maximum Gasteiger partial charge on any atom is 0.335 e. The third-order valence-electron chi connectivity index (χ3n) is 5.27. The highest BCUT2D eigenvalue weighted by Gasteiger charge is 2.17. The SMILES string of the molecule is Cc1ccc(C(=O)Cn2c3ccccc3c3nc4ccc(C(=O)O)cc4nc32)cc1. The van der Waals surface area contributed by atoms with Crippen LogP contribution in [0.3, 0.4) is 0 Å². The van der Waals surface area contributed by atoms with Crippen molar-refractivity contribution < 1.29 is 14.7 Å². The molecule has 2 heterocycles. The normalized spacial score (nSPS) is 11.4. The molecular formula is C24H17N3O3. The van der Waals surface area contributed by atoms with E-state index in [-0.39, 0.29) is 17.9 Å². The Hall–Kier alpha value is -4.06. The second-order valence-electron chi connectivity index (χ2n) is 7.30. The van der Waals surface area contributed by atoms with E-state index in [1.165, 1.54) is 12.1 Å². The average Bonchev–Trinajstić information content (AvgIpc) is 3.05. The number of rotatable bonds is 4. The van der Waals surface area contributed by atoms with E-state index in [0.29, 0.717) is 27.8 Å². The molecule has 0 fully saturated rings. The van der Waals surface area contributed by atoms with Crippen molar-refractivity contribution in [1.29, 1.82) is 0 Å². The largest absolute Gasteiger partial charge is 0.478 e. The van der Waals surface area contributed by atoms with Gasteiger partial charge in [-0.3, -0.25) is 4.79 Å². The van der Waals surface area contributed by atoms with Crippen molar-refractivity contribution in [1.82, 2.24) is 14.5 Å². The van der Waals surface area contributed by atoms with Crippen molar-refractivity contribution in [3.05, 3.63) is 83.4 Å². The van der Waals surface area contributed by atoms with Crippen LogP contribution in [-0.4, -0.2) is 31.4 Å². The zero-order valence-electron chi connectivity index (χ0n) is 16.2. The van der Waals surface area contributed by atoms with Crippen LogP contribution in [0.5, 0.6) is 0 Å². The summed E-state index contributed by atoms with van der Waals surface area (Å²) >= 11 is 0. The molecule has 0 saturated carbocycles. The highest BCUT2D eigenvalue weighted by atomic mass is 16.4. The van der Waals surface area contributed by atoms with Crippen LogP contribution in [0.25, 0.3) is 33.1 Å². The highest BCUT2D eigenvalue weighted by molar-refractivity contribution is 6.08. The smallest absolute Gasteiger partial charge is 0.335 e. The first kappa shape index (κ1) is 18.0. The van der Waals surface area contributed by atoms with Gasteiger partial charge in [0.1, 0.15) is 5.52 Å². The Balaban J connectivity index is 1.72. The first-order valence-electron chi connectivity index (χ1n) is 9.53. The summed E-state index contributed by atoms with van der Waals surface area (Å²) in [4.78, 5) is 33.7. The number of para-hydroxylation sites is 1. The number of carboxylic acids is 1. The molecule has 30 heavy (non-hydrogen) atoms. The first-order valence-corrected chi connectivity index (χ1v) is 9.53. The van der Waals surface area contributed by atoms with Crippen LogP contribution in [0.1, 0.15) is 26.3 Å². The summed E-state index contributed by atoms with van der Waals surface area (Å²) in [5.74, 6) is -1.05. The number of aromatic nitrogens is 3. The maximum absolute atomic E-state index is 13.0.